The second kappa shape index (κ2) is 5.70. The van der Waals surface area contributed by atoms with Crippen LogP contribution in [0.25, 0.3) is 0 Å². The van der Waals surface area contributed by atoms with Gasteiger partial charge in [-0.2, -0.15) is 0 Å². The quantitative estimate of drug-likeness (QED) is 0.776. The minimum absolute atomic E-state index is 0.0231. The normalized spacial score (nSPS) is 14.3. The topological polar surface area (TPSA) is 99.6 Å². The van der Waals surface area contributed by atoms with Gasteiger partial charge in [0.15, 0.2) is 0 Å². The van der Waals surface area contributed by atoms with E-state index in [-0.39, 0.29) is 22.2 Å². The van der Waals surface area contributed by atoms with Crippen LogP contribution in [0, 0.1) is 0 Å². The Morgan fingerprint density at radius 1 is 1.53 bits per heavy atom. The van der Waals surface area contributed by atoms with E-state index in [1.807, 2.05) is 0 Å². The van der Waals surface area contributed by atoms with Gasteiger partial charge in [0.1, 0.15) is 5.03 Å². The number of hydrogen-bond donors (Lipinski definition) is 2. The van der Waals surface area contributed by atoms with Crippen molar-refractivity contribution in [1.82, 2.24) is 15.2 Å². The highest BCUT2D eigenvalue weighted by atomic mass is 32.2. The van der Waals surface area contributed by atoms with Crippen molar-refractivity contribution in [3.8, 4) is 0 Å². The third kappa shape index (κ3) is 3.02. The number of aromatic carboxylic acids is 1. The third-order valence-corrected chi connectivity index (χ3v) is 3.48. The smallest absolute Gasteiger partial charge is 0.338 e. The van der Waals surface area contributed by atoms with E-state index in [1.165, 1.54) is 18.3 Å². The first-order valence-corrected chi connectivity index (χ1v) is 6.47. The number of hydrogen-bond acceptors (Lipinski definition) is 5. The summed E-state index contributed by atoms with van der Waals surface area (Å²) in [4.78, 5) is 39.1. The van der Waals surface area contributed by atoms with Crippen molar-refractivity contribution in [3.63, 3.8) is 0 Å². The molecule has 1 aliphatic heterocycles. The number of imide groups is 1. The number of rotatable bonds is 4. The Kier molecular flexibility index (Phi) is 4.00. The molecule has 2 N–H and O–H groups in total. The van der Waals surface area contributed by atoms with Gasteiger partial charge >= 0.3 is 12.0 Å². The molecule has 0 radical (unpaired) electrons. The highest BCUT2D eigenvalue weighted by Crippen LogP contribution is 2.20. The van der Waals surface area contributed by atoms with Crippen LogP contribution < -0.4 is 5.32 Å². The monoisotopic (exact) mass is 281 g/mol. The van der Waals surface area contributed by atoms with Crippen molar-refractivity contribution >= 4 is 29.7 Å². The van der Waals surface area contributed by atoms with Crippen LogP contribution in [-0.4, -0.2) is 51.7 Å². The zero-order chi connectivity index (χ0) is 13.8. The lowest BCUT2D eigenvalue weighted by molar-refractivity contribution is -0.124. The van der Waals surface area contributed by atoms with E-state index in [9.17, 15) is 14.4 Å². The standard InChI is InChI=1S/C11H11N3O4S/c15-8(14-5-4-13-11(14)18)6-19-9-7(10(16)17)2-1-3-12-9/h1-3H,4-6H2,(H,13,18)(H,16,17). The predicted octanol–water partition coefficient (Wildman–Crippen LogP) is 0.424. The van der Waals surface area contributed by atoms with E-state index in [1.54, 1.807) is 0 Å². The number of nitrogens with zero attached hydrogens (tertiary/aromatic N) is 2. The lowest BCUT2D eigenvalue weighted by Gasteiger charge is -2.11. The number of thioether (sulfide) groups is 1. The summed E-state index contributed by atoms with van der Waals surface area (Å²) in [7, 11) is 0. The van der Waals surface area contributed by atoms with E-state index in [4.69, 9.17) is 5.11 Å². The highest BCUT2D eigenvalue weighted by molar-refractivity contribution is 8.00. The molecule has 3 amide bonds. The molecule has 8 heteroatoms. The van der Waals surface area contributed by atoms with E-state index >= 15 is 0 Å². The second-order valence-electron chi connectivity index (χ2n) is 3.73. The zero-order valence-corrected chi connectivity index (χ0v) is 10.6. The van der Waals surface area contributed by atoms with Crippen molar-refractivity contribution in [2.75, 3.05) is 18.8 Å². The molecule has 0 unspecified atom stereocenters. The number of carbonyl (C=O) groups excluding carboxylic acids is 2. The van der Waals surface area contributed by atoms with Crippen LogP contribution in [0.3, 0.4) is 0 Å². The first-order chi connectivity index (χ1) is 9.09. The average molecular weight is 281 g/mol. The summed E-state index contributed by atoms with van der Waals surface area (Å²) >= 11 is 1.01. The Hall–Kier alpha value is -2.09. The molecule has 1 saturated heterocycles. The Labute approximate surface area is 113 Å². The predicted molar refractivity (Wildman–Crippen MR) is 67.0 cm³/mol. The maximum atomic E-state index is 11.8. The Bertz CT molecular complexity index is 534. The van der Waals surface area contributed by atoms with Gasteiger partial charge in [0, 0.05) is 19.3 Å². The van der Waals surface area contributed by atoms with Crippen LogP contribution in [0.15, 0.2) is 23.4 Å². The number of carbonyl (C=O) groups is 3. The fraction of sp³-hybridized carbons (Fsp3) is 0.273. The molecule has 2 heterocycles. The molecule has 0 spiro atoms. The first kappa shape index (κ1) is 13.3. The second-order valence-corrected chi connectivity index (χ2v) is 4.69. The highest BCUT2D eigenvalue weighted by Gasteiger charge is 2.26. The Morgan fingerprint density at radius 3 is 2.95 bits per heavy atom. The zero-order valence-electron chi connectivity index (χ0n) is 9.83. The summed E-state index contributed by atoms with van der Waals surface area (Å²) in [5.41, 5.74) is 0.0474. The lowest BCUT2D eigenvalue weighted by Crippen LogP contribution is -2.35. The van der Waals surface area contributed by atoms with E-state index in [0.29, 0.717) is 13.1 Å². The summed E-state index contributed by atoms with van der Waals surface area (Å²) in [6, 6.07) is 2.53. The SMILES string of the molecule is O=C(O)c1cccnc1SCC(=O)N1CCNC1=O. The summed E-state index contributed by atoms with van der Waals surface area (Å²) in [5.74, 6) is -1.48. The Morgan fingerprint density at radius 2 is 2.32 bits per heavy atom. The molecule has 1 fully saturated rings. The van der Waals surface area contributed by atoms with Crippen molar-refractivity contribution in [3.05, 3.63) is 23.9 Å². The first-order valence-electron chi connectivity index (χ1n) is 5.49. The summed E-state index contributed by atoms with van der Waals surface area (Å²) < 4.78 is 0. The molecule has 0 saturated carbocycles. The number of pyridine rings is 1. The van der Waals surface area contributed by atoms with Gasteiger partial charge in [-0.25, -0.2) is 14.6 Å². The van der Waals surface area contributed by atoms with E-state index in [0.717, 1.165) is 16.7 Å². The summed E-state index contributed by atoms with van der Waals surface area (Å²) in [6.45, 7) is 0.783. The summed E-state index contributed by atoms with van der Waals surface area (Å²) in [6.07, 6.45) is 1.46. The molecule has 2 rings (SSSR count). The fourth-order valence-electron chi connectivity index (χ4n) is 1.59. The van der Waals surface area contributed by atoms with Crippen LogP contribution in [0.1, 0.15) is 10.4 Å². The molecule has 1 aromatic heterocycles. The van der Waals surface area contributed by atoms with Gasteiger partial charge in [-0.15, -0.1) is 0 Å². The maximum absolute atomic E-state index is 11.8. The van der Waals surface area contributed by atoms with Crippen LogP contribution in [0.5, 0.6) is 0 Å². The van der Waals surface area contributed by atoms with Gasteiger partial charge < -0.3 is 10.4 Å². The molecule has 0 aromatic carbocycles. The number of nitrogens with one attached hydrogen (secondary N) is 1. The van der Waals surface area contributed by atoms with Gasteiger partial charge in [-0.05, 0) is 12.1 Å². The number of urea groups is 1. The number of amides is 3. The molecular formula is C11H11N3O4S. The molecule has 0 bridgehead atoms. The molecular weight excluding hydrogens is 270 g/mol. The number of carboxylic acid groups (broad SMARTS) is 1. The van der Waals surface area contributed by atoms with Crippen LogP contribution in [0.2, 0.25) is 0 Å². The molecule has 7 nitrogen and oxygen atoms in total. The van der Waals surface area contributed by atoms with Crippen LogP contribution in [0.4, 0.5) is 4.79 Å². The largest absolute Gasteiger partial charge is 0.478 e. The minimum atomic E-state index is -1.10. The molecule has 1 aliphatic rings. The lowest BCUT2D eigenvalue weighted by atomic mass is 10.3. The Balaban J connectivity index is 2.01. The fourth-order valence-corrected chi connectivity index (χ4v) is 2.45. The van der Waals surface area contributed by atoms with Crippen molar-refractivity contribution in [2.45, 2.75) is 5.03 Å². The van der Waals surface area contributed by atoms with Gasteiger partial charge in [0.05, 0.1) is 11.3 Å². The van der Waals surface area contributed by atoms with Gasteiger partial charge in [-0.1, -0.05) is 11.8 Å². The van der Waals surface area contributed by atoms with Crippen LogP contribution in [-0.2, 0) is 4.79 Å². The molecule has 0 aliphatic carbocycles. The molecule has 0 atom stereocenters. The molecule has 1 aromatic rings. The van der Waals surface area contributed by atoms with Crippen molar-refractivity contribution < 1.29 is 19.5 Å². The average Bonchev–Trinajstić information content (AvgIpc) is 2.82. The maximum Gasteiger partial charge on any atom is 0.338 e. The van der Waals surface area contributed by atoms with Crippen molar-refractivity contribution in [1.29, 1.82) is 0 Å². The molecule has 100 valence electrons. The van der Waals surface area contributed by atoms with Gasteiger partial charge in [0.25, 0.3) is 0 Å². The van der Waals surface area contributed by atoms with Gasteiger partial charge in [0.2, 0.25) is 5.91 Å². The van der Waals surface area contributed by atoms with E-state index < -0.39 is 12.0 Å². The van der Waals surface area contributed by atoms with Crippen molar-refractivity contribution in [2.24, 2.45) is 0 Å². The third-order valence-electron chi connectivity index (χ3n) is 2.49. The molecule has 19 heavy (non-hydrogen) atoms. The number of aromatic nitrogens is 1. The van der Waals surface area contributed by atoms with Gasteiger partial charge in [-0.3, -0.25) is 9.69 Å². The van der Waals surface area contributed by atoms with Crippen LogP contribution >= 0.6 is 11.8 Å². The summed E-state index contributed by atoms with van der Waals surface area (Å²) in [5, 5.41) is 11.8. The number of carboxylic acids is 1. The van der Waals surface area contributed by atoms with E-state index in [2.05, 4.69) is 10.3 Å². The minimum Gasteiger partial charge on any atom is -0.478 e.